The smallest absolute Gasteiger partial charge is 0.240 e. The van der Waals surface area contributed by atoms with E-state index in [2.05, 4.69) is 16.0 Å². The van der Waals surface area contributed by atoms with Crippen LogP contribution in [-0.2, 0) is 14.4 Å². The molecule has 8 heteroatoms. The molecule has 1 aliphatic carbocycles. The third-order valence-corrected chi connectivity index (χ3v) is 4.26. The lowest BCUT2D eigenvalue weighted by Gasteiger charge is -2.16. The molecule has 0 aromatic heterocycles. The molecule has 0 unspecified atom stereocenters. The molecular weight excluding hydrogens is 356 g/mol. The third-order valence-electron chi connectivity index (χ3n) is 4.26. The number of para-hydroxylation sites is 1. The van der Waals surface area contributed by atoms with Crippen LogP contribution in [0.1, 0.15) is 19.8 Å². The van der Waals surface area contributed by atoms with Gasteiger partial charge >= 0.3 is 0 Å². The second-order valence-electron chi connectivity index (χ2n) is 6.35. The Kier molecular flexibility index (Phi) is 4.89. The number of halogens is 2. The molecule has 3 N–H and O–H groups in total. The molecule has 1 fully saturated rings. The lowest BCUT2D eigenvalue weighted by atomic mass is 10.0. The van der Waals surface area contributed by atoms with E-state index in [0.29, 0.717) is 11.4 Å². The first kappa shape index (κ1) is 18.5. The van der Waals surface area contributed by atoms with Gasteiger partial charge in [0.05, 0.1) is 0 Å². The number of carbonyl (C=O) groups is 3. The predicted octanol–water partition coefficient (Wildman–Crippen LogP) is 3.28. The van der Waals surface area contributed by atoms with Crippen LogP contribution in [0.15, 0.2) is 42.5 Å². The summed E-state index contributed by atoms with van der Waals surface area (Å²) in [4.78, 5) is 36.2. The van der Waals surface area contributed by atoms with E-state index in [9.17, 15) is 23.2 Å². The monoisotopic (exact) mass is 373 g/mol. The van der Waals surface area contributed by atoms with E-state index < -0.39 is 34.6 Å². The number of benzene rings is 2. The van der Waals surface area contributed by atoms with Crippen LogP contribution in [0.3, 0.4) is 0 Å². The van der Waals surface area contributed by atoms with Crippen molar-refractivity contribution in [2.45, 2.75) is 19.8 Å². The molecule has 3 amide bonds. The predicted molar refractivity (Wildman–Crippen MR) is 96.0 cm³/mol. The van der Waals surface area contributed by atoms with Gasteiger partial charge in [-0.15, -0.1) is 0 Å². The second-order valence-corrected chi connectivity index (χ2v) is 6.35. The zero-order valence-electron chi connectivity index (χ0n) is 14.4. The summed E-state index contributed by atoms with van der Waals surface area (Å²) in [5.74, 6) is -3.42. The summed E-state index contributed by atoms with van der Waals surface area (Å²) in [7, 11) is 0. The molecule has 0 aliphatic heterocycles. The Morgan fingerprint density at radius 2 is 1.37 bits per heavy atom. The highest BCUT2D eigenvalue weighted by Crippen LogP contribution is 2.47. The van der Waals surface area contributed by atoms with Crippen molar-refractivity contribution >= 4 is 34.8 Å². The third kappa shape index (κ3) is 3.94. The topological polar surface area (TPSA) is 87.3 Å². The minimum Gasteiger partial charge on any atom is -0.326 e. The van der Waals surface area contributed by atoms with Gasteiger partial charge in [-0.25, -0.2) is 8.78 Å². The highest BCUT2D eigenvalue weighted by molar-refractivity contribution is 6.17. The van der Waals surface area contributed by atoms with Crippen LogP contribution in [0.2, 0.25) is 0 Å². The molecule has 0 heterocycles. The molecule has 0 bridgehead atoms. The minimum absolute atomic E-state index is 0.261. The van der Waals surface area contributed by atoms with Crippen molar-refractivity contribution in [1.29, 1.82) is 0 Å². The van der Waals surface area contributed by atoms with E-state index in [-0.39, 0.29) is 18.7 Å². The Bertz CT molecular complexity index is 906. The van der Waals surface area contributed by atoms with E-state index in [1.807, 2.05) is 0 Å². The van der Waals surface area contributed by atoms with Crippen LogP contribution >= 0.6 is 0 Å². The number of anilines is 3. The molecule has 27 heavy (non-hydrogen) atoms. The maximum absolute atomic E-state index is 13.7. The quantitative estimate of drug-likeness (QED) is 0.703. The molecule has 0 radical (unpaired) electrons. The highest BCUT2D eigenvalue weighted by Gasteiger charge is 2.56. The van der Waals surface area contributed by atoms with Crippen molar-refractivity contribution in [3.05, 3.63) is 54.1 Å². The van der Waals surface area contributed by atoms with Crippen LogP contribution in [0.4, 0.5) is 25.8 Å². The van der Waals surface area contributed by atoms with Gasteiger partial charge in [0.15, 0.2) is 0 Å². The number of nitrogens with one attached hydrogen (secondary N) is 3. The Morgan fingerprint density at radius 1 is 0.852 bits per heavy atom. The zero-order chi connectivity index (χ0) is 19.6. The SMILES string of the molecule is CC(=O)Nc1cccc(NC(=O)C2(C(=O)Nc3c(F)cccc3F)CC2)c1. The van der Waals surface area contributed by atoms with Gasteiger partial charge in [-0.2, -0.15) is 0 Å². The lowest BCUT2D eigenvalue weighted by molar-refractivity contribution is -0.131. The first-order chi connectivity index (χ1) is 12.8. The van der Waals surface area contributed by atoms with Crippen molar-refractivity contribution in [2.75, 3.05) is 16.0 Å². The van der Waals surface area contributed by atoms with Gasteiger partial charge in [0.1, 0.15) is 22.7 Å². The highest BCUT2D eigenvalue weighted by atomic mass is 19.1. The maximum Gasteiger partial charge on any atom is 0.240 e. The van der Waals surface area contributed by atoms with Crippen LogP contribution in [0, 0.1) is 17.0 Å². The molecule has 0 spiro atoms. The summed E-state index contributed by atoms with van der Waals surface area (Å²) in [6.45, 7) is 1.36. The average molecular weight is 373 g/mol. The summed E-state index contributed by atoms with van der Waals surface area (Å²) < 4.78 is 27.5. The van der Waals surface area contributed by atoms with E-state index in [4.69, 9.17) is 0 Å². The number of rotatable bonds is 5. The van der Waals surface area contributed by atoms with Crippen molar-refractivity contribution in [1.82, 2.24) is 0 Å². The zero-order valence-corrected chi connectivity index (χ0v) is 14.4. The normalized spacial score (nSPS) is 14.2. The molecule has 2 aromatic rings. The minimum atomic E-state index is -1.38. The summed E-state index contributed by atoms with van der Waals surface area (Å²) >= 11 is 0. The standard InChI is InChI=1S/C19H17F2N3O3/c1-11(25)22-12-4-2-5-13(10-12)23-17(26)19(8-9-19)18(27)24-16-14(20)6-3-7-15(16)21/h2-7,10H,8-9H2,1H3,(H,22,25)(H,23,26)(H,24,27). The van der Waals surface area contributed by atoms with Crippen LogP contribution in [0.5, 0.6) is 0 Å². The first-order valence-corrected chi connectivity index (χ1v) is 8.26. The molecule has 6 nitrogen and oxygen atoms in total. The first-order valence-electron chi connectivity index (χ1n) is 8.26. The van der Waals surface area contributed by atoms with E-state index >= 15 is 0 Å². The number of hydrogen-bond donors (Lipinski definition) is 3. The Labute approximate surface area is 154 Å². The molecule has 0 saturated heterocycles. The average Bonchev–Trinajstić information content (AvgIpc) is 3.40. The van der Waals surface area contributed by atoms with E-state index in [1.54, 1.807) is 24.3 Å². The van der Waals surface area contributed by atoms with Crippen molar-refractivity contribution < 1.29 is 23.2 Å². The summed E-state index contributed by atoms with van der Waals surface area (Å²) in [6, 6.07) is 9.66. The van der Waals surface area contributed by atoms with Crippen LogP contribution in [-0.4, -0.2) is 17.7 Å². The molecular formula is C19H17F2N3O3. The van der Waals surface area contributed by atoms with Gasteiger partial charge in [-0.05, 0) is 43.2 Å². The Hall–Kier alpha value is -3.29. The van der Waals surface area contributed by atoms with Gasteiger partial charge in [0.25, 0.3) is 0 Å². The van der Waals surface area contributed by atoms with Gasteiger partial charge in [-0.1, -0.05) is 12.1 Å². The lowest BCUT2D eigenvalue weighted by Crippen LogP contribution is -2.36. The van der Waals surface area contributed by atoms with Gasteiger partial charge < -0.3 is 16.0 Å². The van der Waals surface area contributed by atoms with Crippen LogP contribution < -0.4 is 16.0 Å². The van der Waals surface area contributed by atoms with Crippen molar-refractivity contribution in [3.63, 3.8) is 0 Å². The molecule has 1 aliphatic rings. The molecule has 140 valence electrons. The number of carbonyl (C=O) groups excluding carboxylic acids is 3. The second kappa shape index (κ2) is 7.14. The van der Waals surface area contributed by atoms with Crippen molar-refractivity contribution in [2.24, 2.45) is 5.41 Å². The fourth-order valence-corrected chi connectivity index (χ4v) is 2.66. The molecule has 2 aromatic carbocycles. The number of amides is 3. The van der Waals surface area contributed by atoms with Crippen LogP contribution in [0.25, 0.3) is 0 Å². The fraction of sp³-hybridized carbons (Fsp3) is 0.211. The Balaban J connectivity index is 1.73. The van der Waals surface area contributed by atoms with E-state index in [0.717, 1.165) is 12.1 Å². The van der Waals surface area contributed by atoms with Gasteiger partial charge in [0, 0.05) is 18.3 Å². The molecule has 0 atom stereocenters. The largest absolute Gasteiger partial charge is 0.326 e. The summed E-state index contributed by atoms with van der Waals surface area (Å²) in [6.07, 6.45) is 0.540. The maximum atomic E-state index is 13.7. The summed E-state index contributed by atoms with van der Waals surface area (Å²) in [5, 5.41) is 7.38. The molecule has 1 saturated carbocycles. The summed E-state index contributed by atoms with van der Waals surface area (Å²) in [5.41, 5.74) is -1.07. The van der Waals surface area contributed by atoms with Gasteiger partial charge in [0.2, 0.25) is 17.7 Å². The Morgan fingerprint density at radius 3 is 1.93 bits per heavy atom. The van der Waals surface area contributed by atoms with Crippen molar-refractivity contribution in [3.8, 4) is 0 Å². The number of hydrogen-bond acceptors (Lipinski definition) is 3. The molecule has 3 rings (SSSR count). The van der Waals surface area contributed by atoms with Gasteiger partial charge in [-0.3, -0.25) is 14.4 Å². The fourth-order valence-electron chi connectivity index (χ4n) is 2.66. The van der Waals surface area contributed by atoms with E-state index in [1.165, 1.54) is 13.0 Å².